The Hall–Kier alpha value is -9.19. The molecule has 0 fully saturated rings. The van der Waals surface area contributed by atoms with Gasteiger partial charge in [-0.15, -0.1) is 0 Å². The topological polar surface area (TPSA) is 64.5 Å². The summed E-state index contributed by atoms with van der Waals surface area (Å²) in [5, 5.41) is 4.58. The first-order chi connectivity index (χ1) is 33.7. The summed E-state index contributed by atoms with van der Waals surface area (Å²) in [6, 6.07) is 83.0. The molecule has 9 aromatic carbocycles. The van der Waals surface area contributed by atoms with Crippen LogP contribution in [-0.4, -0.2) is 24.9 Å². The van der Waals surface area contributed by atoms with Crippen LogP contribution in [0.25, 0.3) is 123 Å². The van der Waals surface area contributed by atoms with Crippen molar-refractivity contribution in [3.8, 4) is 101 Å². The van der Waals surface area contributed by atoms with Crippen LogP contribution in [0, 0.1) is 0 Å². The quantitative estimate of drug-likeness (QED) is 0.135. The van der Waals surface area contributed by atoms with Crippen LogP contribution in [-0.2, 0) is 0 Å². The number of nitrogens with zero attached hydrogens (tertiary/aromatic N) is 5. The van der Waals surface area contributed by atoms with Crippen molar-refractivity contribution in [3.05, 3.63) is 249 Å². The van der Waals surface area contributed by atoms with Crippen molar-refractivity contribution in [2.45, 2.75) is 0 Å². The van der Waals surface area contributed by atoms with E-state index < -0.39 is 0 Å². The lowest BCUT2D eigenvalue weighted by Crippen LogP contribution is -2.01. The third-order valence-corrected chi connectivity index (χ3v) is 12.7. The van der Waals surface area contributed by atoms with Crippen molar-refractivity contribution in [1.29, 1.82) is 0 Å². The predicted molar refractivity (Wildman–Crippen MR) is 279 cm³/mol. The van der Waals surface area contributed by atoms with E-state index in [0.29, 0.717) is 17.5 Å². The zero-order chi connectivity index (χ0) is 45.2. The number of rotatable bonds is 9. The van der Waals surface area contributed by atoms with Crippen molar-refractivity contribution in [3.63, 3.8) is 0 Å². The molecule has 0 aliphatic heterocycles. The van der Waals surface area contributed by atoms with Crippen LogP contribution in [0.15, 0.2) is 249 Å². The van der Waals surface area contributed by atoms with Gasteiger partial charge in [-0.05, 0) is 115 Å². The number of pyridine rings is 2. The van der Waals surface area contributed by atoms with Gasteiger partial charge >= 0.3 is 0 Å². The zero-order valence-electron chi connectivity index (χ0n) is 36.9. The average molecular weight is 868 g/mol. The van der Waals surface area contributed by atoms with Crippen LogP contribution in [0.2, 0.25) is 0 Å². The number of hydrogen-bond acceptors (Lipinski definition) is 5. The lowest BCUT2D eigenvalue weighted by Gasteiger charge is -2.14. The maximum absolute atomic E-state index is 5.36. The van der Waals surface area contributed by atoms with E-state index in [2.05, 4.69) is 192 Å². The third kappa shape index (κ3) is 7.99. The minimum Gasteiger partial charge on any atom is -0.256 e. The summed E-state index contributed by atoms with van der Waals surface area (Å²) >= 11 is 0. The molecule has 12 aromatic rings. The normalized spacial score (nSPS) is 11.2. The van der Waals surface area contributed by atoms with Gasteiger partial charge in [-0.1, -0.05) is 188 Å². The van der Waals surface area contributed by atoms with Gasteiger partial charge in [-0.3, -0.25) is 9.97 Å². The standard InChI is InChI=1S/C63H41N5/c1-2-12-50(13-3-1)61-66-62(68-63(67-61)58-41-51-14-4-5-15-55(51)56-16-6-7-17-57(56)58)54-39-52(46-24-20-42(21-25-46)44-28-32-48(33-29-44)59-18-8-10-36-64-59)38-53(40-54)47-26-22-43(23-27-47)45-30-34-49(35-31-45)60-19-9-11-37-65-60/h1-41H. The first-order valence-electron chi connectivity index (χ1n) is 22.8. The van der Waals surface area contributed by atoms with E-state index in [0.717, 1.165) is 99.9 Å². The molecule has 0 atom stereocenters. The van der Waals surface area contributed by atoms with Crippen LogP contribution < -0.4 is 0 Å². The highest BCUT2D eigenvalue weighted by Crippen LogP contribution is 2.38. The molecule has 0 amide bonds. The van der Waals surface area contributed by atoms with Crippen LogP contribution in [0.5, 0.6) is 0 Å². The van der Waals surface area contributed by atoms with Gasteiger partial charge in [0.15, 0.2) is 17.5 Å². The fraction of sp³-hybridized carbons (Fsp3) is 0. The largest absolute Gasteiger partial charge is 0.256 e. The third-order valence-electron chi connectivity index (χ3n) is 12.7. The molecule has 3 aromatic heterocycles. The van der Waals surface area contributed by atoms with E-state index in [1.807, 2.05) is 67.0 Å². The molecule has 0 unspecified atom stereocenters. The summed E-state index contributed by atoms with van der Waals surface area (Å²) in [4.78, 5) is 24.9. The maximum Gasteiger partial charge on any atom is 0.164 e. The Balaban J connectivity index is 0.978. The fourth-order valence-corrected chi connectivity index (χ4v) is 9.12. The average Bonchev–Trinajstić information content (AvgIpc) is 3.43. The SMILES string of the molecule is c1ccc(-c2nc(-c3cc(-c4ccc(-c5ccc(-c6ccccn6)cc5)cc4)cc(-c4ccc(-c5ccc(-c6ccccn6)cc5)cc4)c3)nc(-c3cc4ccccc4c4ccccc34)n2)cc1. The molecule has 0 saturated carbocycles. The van der Waals surface area contributed by atoms with Gasteiger partial charge in [-0.2, -0.15) is 0 Å². The van der Waals surface area contributed by atoms with Crippen molar-refractivity contribution in [2.24, 2.45) is 0 Å². The smallest absolute Gasteiger partial charge is 0.164 e. The molecule has 0 spiro atoms. The van der Waals surface area contributed by atoms with Gasteiger partial charge in [0.05, 0.1) is 11.4 Å². The Kier molecular flexibility index (Phi) is 10.5. The molecule has 12 rings (SSSR count). The molecule has 3 heterocycles. The Bertz CT molecular complexity index is 3580. The van der Waals surface area contributed by atoms with E-state index >= 15 is 0 Å². The van der Waals surface area contributed by atoms with E-state index in [4.69, 9.17) is 15.0 Å². The van der Waals surface area contributed by atoms with Crippen LogP contribution in [0.3, 0.4) is 0 Å². The summed E-state index contributed by atoms with van der Waals surface area (Å²) < 4.78 is 0. The molecule has 5 heteroatoms. The van der Waals surface area contributed by atoms with Crippen LogP contribution in [0.4, 0.5) is 0 Å². The Morgan fingerprint density at radius 3 is 1.10 bits per heavy atom. The highest BCUT2D eigenvalue weighted by molar-refractivity contribution is 6.13. The Labute approximate surface area is 394 Å². The van der Waals surface area contributed by atoms with E-state index in [1.165, 1.54) is 5.39 Å². The van der Waals surface area contributed by atoms with Gasteiger partial charge in [0, 0.05) is 40.2 Å². The molecular weight excluding hydrogens is 827 g/mol. The summed E-state index contributed by atoms with van der Waals surface area (Å²) in [5.74, 6) is 1.84. The number of hydrogen-bond donors (Lipinski definition) is 0. The van der Waals surface area contributed by atoms with Crippen LogP contribution >= 0.6 is 0 Å². The van der Waals surface area contributed by atoms with Gasteiger partial charge in [0.25, 0.3) is 0 Å². The summed E-state index contributed by atoms with van der Waals surface area (Å²) in [7, 11) is 0. The van der Waals surface area contributed by atoms with Crippen molar-refractivity contribution in [2.75, 3.05) is 0 Å². The highest BCUT2D eigenvalue weighted by atomic mass is 15.0. The molecule has 0 aliphatic carbocycles. The molecule has 5 nitrogen and oxygen atoms in total. The summed E-state index contributed by atoms with van der Waals surface area (Å²) in [6.45, 7) is 0. The fourth-order valence-electron chi connectivity index (χ4n) is 9.12. The van der Waals surface area contributed by atoms with Crippen LogP contribution in [0.1, 0.15) is 0 Å². The van der Waals surface area contributed by atoms with E-state index in [1.54, 1.807) is 0 Å². The summed E-state index contributed by atoms with van der Waals surface area (Å²) in [5.41, 5.74) is 15.7. The number of fused-ring (bicyclic) bond motifs is 3. The molecule has 0 radical (unpaired) electrons. The molecule has 68 heavy (non-hydrogen) atoms. The highest BCUT2D eigenvalue weighted by Gasteiger charge is 2.18. The molecular formula is C63H41N5. The Morgan fingerprint density at radius 1 is 0.221 bits per heavy atom. The summed E-state index contributed by atoms with van der Waals surface area (Å²) in [6.07, 6.45) is 3.66. The lowest BCUT2D eigenvalue weighted by molar-refractivity contribution is 1.08. The number of benzene rings is 9. The second-order valence-electron chi connectivity index (χ2n) is 16.9. The monoisotopic (exact) mass is 867 g/mol. The zero-order valence-corrected chi connectivity index (χ0v) is 36.9. The molecule has 0 N–H and O–H groups in total. The predicted octanol–water partition coefficient (Wildman–Crippen LogP) is 16.0. The van der Waals surface area contributed by atoms with Gasteiger partial charge in [0.1, 0.15) is 0 Å². The van der Waals surface area contributed by atoms with Gasteiger partial charge < -0.3 is 0 Å². The van der Waals surface area contributed by atoms with Crippen molar-refractivity contribution < 1.29 is 0 Å². The first-order valence-corrected chi connectivity index (χ1v) is 22.8. The minimum absolute atomic E-state index is 0.600. The molecule has 318 valence electrons. The lowest BCUT2D eigenvalue weighted by atomic mass is 9.93. The second kappa shape index (κ2) is 17.7. The Morgan fingerprint density at radius 2 is 0.603 bits per heavy atom. The first kappa shape index (κ1) is 40.3. The second-order valence-corrected chi connectivity index (χ2v) is 16.9. The van der Waals surface area contributed by atoms with Crippen molar-refractivity contribution in [1.82, 2.24) is 24.9 Å². The molecule has 0 aliphatic rings. The van der Waals surface area contributed by atoms with Crippen molar-refractivity contribution >= 4 is 21.5 Å². The maximum atomic E-state index is 5.36. The minimum atomic E-state index is 0.600. The van der Waals surface area contributed by atoms with E-state index in [-0.39, 0.29) is 0 Å². The van der Waals surface area contributed by atoms with Gasteiger partial charge in [-0.25, -0.2) is 15.0 Å². The van der Waals surface area contributed by atoms with E-state index in [9.17, 15) is 0 Å². The molecule has 0 bridgehead atoms. The number of aromatic nitrogens is 5. The molecule has 0 saturated heterocycles. The van der Waals surface area contributed by atoms with Gasteiger partial charge in [0.2, 0.25) is 0 Å².